The molecule has 0 aromatic rings. The van der Waals surface area contributed by atoms with Crippen LogP contribution >= 0.6 is 7.82 Å². The standard InChI is InChI=1S/C39H75O8P.H3N/c1-4-7-9-11-13-15-17-19-20-22-24-26-28-30-32-34-39(41)45-36-37(47-48(42,43)46-6-3)35-44-38(40)33-31-29-27-25-23-21-18-16-14-12-10-8-5-2;/h19-20,37H,4-18,21-36H2,1-3H3,(H,42,43);1H3/b20-19-;/t37-;/m0./s1. The van der Waals surface area contributed by atoms with Crippen molar-refractivity contribution in [2.45, 2.75) is 207 Å². The number of phosphoric ester groups is 1. The molecule has 0 saturated heterocycles. The molecule has 9 nitrogen and oxygen atoms in total. The van der Waals surface area contributed by atoms with Crippen molar-refractivity contribution >= 4 is 19.8 Å². The number of esters is 2. The number of carbonyl (C=O) groups excluding carboxylic acids is 2. The van der Waals surface area contributed by atoms with Crippen molar-refractivity contribution in [3.63, 3.8) is 0 Å². The van der Waals surface area contributed by atoms with E-state index in [1.54, 1.807) is 6.92 Å². The van der Waals surface area contributed by atoms with Crippen molar-refractivity contribution in [3.8, 4) is 0 Å². The van der Waals surface area contributed by atoms with E-state index in [1.165, 1.54) is 109 Å². The summed E-state index contributed by atoms with van der Waals surface area (Å²) in [6.45, 7) is 5.49. The summed E-state index contributed by atoms with van der Waals surface area (Å²) in [7, 11) is -4.36. The second-order valence-electron chi connectivity index (χ2n) is 13.3. The minimum absolute atomic E-state index is 0. The first-order chi connectivity index (χ1) is 23.3. The Hall–Kier alpha value is -1.25. The number of phosphoric acid groups is 1. The summed E-state index contributed by atoms with van der Waals surface area (Å²) in [5.41, 5.74) is 0. The van der Waals surface area contributed by atoms with E-state index in [0.29, 0.717) is 0 Å². The lowest BCUT2D eigenvalue weighted by atomic mass is 10.0. The summed E-state index contributed by atoms with van der Waals surface area (Å²) in [5.74, 6) is -0.792. The molecule has 10 heteroatoms. The third-order valence-corrected chi connectivity index (χ3v) is 9.71. The van der Waals surface area contributed by atoms with Gasteiger partial charge in [-0.1, -0.05) is 154 Å². The molecule has 4 N–H and O–H groups in total. The van der Waals surface area contributed by atoms with Crippen LogP contribution in [0.4, 0.5) is 0 Å². The normalized spacial score (nSPS) is 13.2. The van der Waals surface area contributed by atoms with Crippen LogP contribution in [0.1, 0.15) is 201 Å². The van der Waals surface area contributed by atoms with Crippen LogP contribution in [-0.4, -0.2) is 42.8 Å². The summed E-state index contributed by atoms with van der Waals surface area (Å²) in [4.78, 5) is 34.5. The monoisotopic (exact) mass is 720 g/mol. The van der Waals surface area contributed by atoms with Crippen LogP contribution in [0.2, 0.25) is 0 Å². The molecule has 0 fully saturated rings. The third kappa shape index (κ3) is 37.8. The molecule has 0 aliphatic rings. The average molecular weight is 720 g/mol. The maximum Gasteiger partial charge on any atom is 0.472 e. The zero-order chi connectivity index (χ0) is 35.4. The van der Waals surface area contributed by atoms with Crippen molar-refractivity contribution < 1.29 is 37.6 Å². The van der Waals surface area contributed by atoms with Gasteiger partial charge < -0.3 is 20.5 Å². The molecule has 0 rings (SSSR count). The molecule has 0 amide bonds. The molecule has 2 atom stereocenters. The number of ether oxygens (including phenoxy) is 2. The largest absolute Gasteiger partial charge is 0.472 e. The van der Waals surface area contributed by atoms with Crippen LogP contribution < -0.4 is 6.15 Å². The number of hydrogen-bond donors (Lipinski definition) is 2. The highest BCUT2D eigenvalue weighted by molar-refractivity contribution is 7.47. The van der Waals surface area contributed by atoms with E-state index in [9.17, 15) is 19.0 Å². The van der Waals surface area contributed by atoms with E-state index in [-0.39, 0.29) is 38.8 Å². The summed E-state index contributed by atoms with van der Waals surface area (Å²) in [6, 6.07) is 0. The first-order valence-corrected chi connectivity index (χ1v) is 21.5. The van der Waals surface area contributed by atoms with Gasteiger partial charge in [0.25, 0.3) is 0 Å². The molecule has 0 heterocycles. The van der Waals surface area contributed by atoms with Crippen molar-refractivity contribution in [2.24, 2.45) is 0 Å². The summed E-state index contributed by atoms with van der Waals surface area (Å²) in [6.07, 6.45) is 35.4. The Morgan fingerprint density at radius 1 is 0.551 bits per heavy atom. The maximum atomic E-state index is 12.3. The van der Waals surface area contributed by atoms with Gasteiger partial charge in [0.05, 0.1) is 6.61 Å². The van der Waals surface area contributed by atoms with E-state index < -0.39 is 25.9 Å². The van der Waals surface area contributed by atoms with Crippen LogP contribution in [0.25, 0.3) is 0 Å². The van der Waals surface area contributed by atoms with Gasteiger partial charge in [-0.2, -0.15) is 0 Å². The summed E-state index contributed by atoms with van der Waals surface area (Å²) in [5, 5.41) is 0. The first-order valence-electron chi connectivity index (χ1n) is 20.0. The average Bonchev–Trinajstić information content (AvgIpc) is 3.06. The highest BCUT2D eigenvalue weighted by Crippen LogP contribution is 2.44. The molecule has 0 bridgehead atoms. The molecule has 292 valence electrons. The van der Waals surface area contributed by atoms with Crippen LogP contribution in [0.15, 0.2) is 12.2 Å². The fourth-order valence-electron chi connectivity index (χ4n) is 5.63. The lowest BCUT2D eigenvalue weighted by molar-refractivity contribution is -0.152. The zero-order valence-electron chi connectivity index (χ0n) is 32.1. The lowest BCUT2D eigenvalue weighted by Crippen LogP contribution is -2.28. The van der Waals surface area contributed by atoms with Crippen LogP contribution in [-0.2, 0) is 32.7 Å². The second kappa shape index (κ2) is 38.0. The molecular weight excluding hydrogens is 641 g/mol. The number of rotatable bonds is 37. The Balaban J connectivity index is 0. The smallest absolute Gasteiger partial charge is 0.463 e. The molecule has 0 aliphatic heterocycles. The van der Waals surface area contributed by atoms with E-state index >= 15 is 0 Å². The van der Waals surface area contributed by atoms with Crippen molar-refractivity contribution in [3.05, 3.63) is 12.2 Å². The SMILES string of the molecule is CCCCCCCC/C=C\CCCCCCCC(=O)OC[C@H](COC(=O)CCCCCCCCCCCCCCC)OP(=O)(O)OCC.N. The molecular formula is C39H78NO8P. The summed E-state index contributed by atoms with van der Waals surface area (Å²) >= 11 is 0. The van der Waals surface area contributed by atoms with Gasteiger partial charge in [0.1, 0.15) is 19.3 Å². The Labute approximate surface area is 301 Å². The van der Waals surface area contributed by atoms with Gasteiger partial charge in [-0.15, -0.1) is 0 Å². The number of allylic oxidation sites excluding steroid dienone is 2. The van der Waals surface area contributed by atoms with Crippen molar-refractivity contribution in [1.29, 1.82) is 0 Å². The second-order valence-corrected chi connectivity index (χ2v) is 14.7. The highest BCUT2D eigenvalue weighted by Gasteiger charge is 2.28. The molecule has 0 aromatic carbocycles. The Morgan fingerprint density at radius 2 is 0.878 bits per heavy atom. The van der Waals surface area contributed by atoms with Crippen molar-refractivity contribution in [1.82, 2.24) is 6.15 Å². The maximum absolute atomic E-state index is 12.3. The highest BCUT2D eigenvalue weighted by atomic mass is 31.2. The minimum Gasteiger partial charge on any atom is -0.463 e. The van der Waals surface area contributed by atoms with Gasteiger partial charge >= 0.3 is 19.8 Å². The fourth-order valence-corrected chi connectivity index (χ4v) is 6.52. The molecule has 1 unspecified atom stereocenters. The Morgan fingerprint density at radius 3 is 1.22 bits per heavy atom. The van der Waals surface area contributed by atoms with Gasteiger partial charge in [-0.05, 0) is 45.4 Å². The Kier molecular flexibility index (Phi) is 38.7. The predicted octanol–water partition coefficient (Wildman–Crippen LogP) is 12.3. The molecule has 0 aromatic heterocycles. The van der Waals surface area contributed by atoms with Crippen molar-refractivity contribution in [2.75, 3.05) is 19.8 Å². The quantitative estimate of drug-likeness (QED) is 0.0277. The van der Waals surface area contributed by atoms with Gasteiger partial charge in [-0.3, -0.25) is 18.6 Å². The zero-order valence-corrected chi connectivity index (χ0v) is 33.0. The minimum atomic E-state index is -4.36. The molecule has 0 radical (unpaired) electrons. The molecule has 49 heavy (non-hydrogen) atoms. The first kappa shape index (κ1) is 49.9. The molecule has 0 spiro atoms. The molecule has 0 aliphatic carbocycles. The number of unbranched alkanes of at least 4 members (excludes halogenated alkanes) is 23. The van der Waals surface area contributed by atoms with E-state index in [0.717, 1.165) is 57.8 Å². The van der Waals surface area contributed by atoms with Crippen LogP contribution in [0.5, 0.6) is 0 Å². The number of carbonyl (C=O) groups is 2. The van der Waals surface area contributed by atoms with Gasteiger partial charge in [0.2, 0.25) is 0 Å². The third-order valence-electron chi connectivity index (χ3n) is 8.56. The lowest BCUT2D eigenvalue weighted by Gasteiger charge is -2.20. The summed E-state index contributed by atoms with van der Waals surface area (Å²) < 4.78 is 32.7. The molecule has 0 saturated carbocycles. The van der Waals surface area contributed by atoms with Crippen LogP contribution in [0.3, 0.4) is 0 Å². The predicted molar refractivity (Wildman–Crippen MR) is 203 cm³/mol. The van der Waals surface area contributed by atoms with Crippen LogP contribution in [0, 0.1) is 0 Å². The van der Waals surface area contributed by atoms with Gasteiger partial charge in [0, 0.05) is 12.8 Å². The van der Waals surface area contributed by atoms with E-state index in [2.05, 4.69) is 26.0 Å². The topological polar surface area (TPSA) is 143 Å². The number of hydrogen-bond acceptors (Lipinski definition) is 8. The Bertz CT molecular complexity index is 810. The fraction of sp³-hybridized carbons (Fsp3) is 0.897. The van der Waals surface area contributed by atoms with Gasteiger partial charge in [-0.25, -0.2) is 4.57 Å². The van der Waals surface area contributed by atoms with E-state index in [4.69, 9.17) is 18.5 Å². The van der Waals surface area contributed by atoms with Gasteiger partial charge in [0.15, 0.2) is 0 Å². The van der Waals surface area contributed by atoms with E-state index in [1.807, 2.05) is 0 Å².